The molecule has 5 atom stereocenters. The van der Waals surface area contributed by atoms with Crippen LogP contribution in [0, 0.1) is 17.8 Å². The molecule has 2 aromatic heterocycles. The summed E-state index contributed by atoms with van der Waals surface area (Å²) in [6.45, 7) is 15.0. The summed E-state index contributed by atoms with van der Waals surface area (Å²) in [4.78, 5) is 73.2. The summed E-state index contributed by atoms with van der Waals surface area (Å²) < 4.78 is 21.7. The van der Waals surface area contributed by atoms with Gasteiger partial charge in [0.2, 0.25) is 11.8 Å². The van der Waals surface area contributed by atoms with Crippen molar-refractivity contribution >= 4 is 45.8 Å². The van der Waals surface area contributed by atoms with Crippen LogP contribution in [-0.4, -0.2) is 106 Å². The molecule has 0 spiro atoms. The van der Waals surface area contributed by atoms with Gasteiger partial charge in [0.15, 0.2) is 0 Å². The fourth-order valence-electron chi connectivity index (χ4n) is 9.35. The molecule has 342 valence electrons. The third-order valence-electron chi connectivity index (χ3n) is 12.9. The van der Waals surface area contributed by atoms with Gasteiger partial charge in [0.1, 0.15) is 36.1 Å². The number of nitrogens with one attached hydrogen (secondary N) is 4. The third-order valence-corrected chi connectivity index (χ3v) is 12.9. The minimum Gasteiger partial charge on any atom is -0.488 e. The van der Waals surface area contributed by atoms with Gasteiger partial charge >= 0.3 is 12.2 Å². The van der Waals surface area contributed by atoms with E-state index >= 15 is 0 Å². The molecule has 5 aromatic rings. The topological polar surface area (TPSA) is 193 Å². The van der Waals surface area contributed by atoms with Crippen LogP contribution in [0.15, 0.2) is 48.7 Å². The van der Waals surface area contributed by atoms with Gasteiger partial charge in [-0.05, 0) is 84.4 Å². The molecule has 4 heterocycles. The van der Waals surface area contributed by atoms with Crippen molar-refractivity contribution < 1.29 is 38.1 Å². The average Bonchev–Trinajstić information content (AvgIpc) is 4.07. The van der Waals surface area contributed by atoms with Crippen LogP contribution >= 0.6 is 0 Å². The number of aromatic amines is 2. The number of H-pyrrole nitrogens is 2. The number of ether oxygens (including phenoxy) is 4. The van der Waals surface area contributed by atoms with E-state index < -0.39 is 30.3 Å². The van der Waals surface area contributed by atoms with Gasteiger partial charge in [0.25, 0.3) is 0 Å². The standard InChI is InChI=1S/C48H62N8O8/c1-11-32(12-2)56(46(58)41(26(5)6)54-48(60)63-10)27(7)43-49-21-37(51-43)30-13-15-33-31(18-30)24-64-39-20-34-29(19-35(33)39)14-16-36-42(34)52-44(50-36)38-17-28(23-61-8)22-55(38)45(57)40(25(3)4)53-47(59)62-9/h13-16,18-21,25-28,32,38,40-41H,11-12,17,22-24H2,1-10H3,(H,49,51)(H,50,52)(H,53,59)(H,54,60)/t27-,28-,38-,40-,41-/m0/s1. The zero-order valence-corrected chi connectivity index (χ0v) is 38.5. The number of likely N-dealkylation sites (tertiary alicyclic amines) is 1. The van der Waals surface area contributed by atoms with Gasteiger partial charge in [0, 0.05) is 36.6 Å². The fourth-order valence-corrected chi connectivity index (χ4v) is 9.35. The first kappa shape index (κ1) is 45.9. The van der Waals surface area contributed by atoms with Gasteiger partial charge in [-0.3, -0.25) is 9.59 Å². The van der Waals surface area contributed by atoms with Crippen LogP contribution in [-0.2, 0) is 30.4 Å². The predicted octanol–water partition coefficient (Wildman–Crippen LogP) is 8.04. The molecule has 0 aliphatic carbocycles. The lowest BCUT2D eigenvalue weighted by Gasteiger charge is -2.38. The molecular weight excluding hydrogens is 817 g/mol. The highest BCUT2D eigenvalue weighted by Crippen LogP contribution is 2.44. The molecule has 1 saturated heterocycles. The third kappa shape index (κ3) is 8.97. The number of methoxy groups -OCH3 is 3. The van der Waals surface area contributed by atoms with Crippen LogP contribution in [0.2, 0.25) is 0 Å². The number of aromatic nitrogens is 4. The Morgan fingerprint density at radius 2 is 1.59 bits per heavy atom. The van der Waals surface area contributed by atoms with Gasteiger partial charge in [-0.25, -0.2) is 19.6 Å². The summed E-state index contributed by atoms with van der Waals surface area (Å²) >= 11 is 0. The second-order valence-electron chi connectivity index (χ2n) is 17.7. The Balaban J connectivity index is 1.16. The van der Waals surface area contributed by atoms with Gasteiger partial charge in [-0.2, -0.15) is 0 Å². The number of amides is 4. The van der Waals surface area contributed by atoms with Gasteiger partial charge in [0.05, 0.1) is 55.8 Å². The first-order chi connectivity index (χ1) is 30.7. The lowest BCUT2D eigenvalue weighted by molar-refractivity contribution is -0.140. The smallest absolute Gasteiger partial charge is 0.407 e. The van der Waals surface area contributed by atoms with E-state index in [0.717, 1.165) is 68.3 Å². The van der Waals surface area contributed by atoms with Crippen molar-refractivity contribution in [3.63, 3.8) is 0 Å². The van der Waals surface area contributed by atoms with E-state index in [4.69, 9.17) is 28.9 Å². The number of fused-ring (bicyclic) bond motifs is 6. The van der Waals surface area contributed by atoms with Crippen LogP contribution in [0.4, 0.5) is 9.59 Å². The summed E-state index contributed by atoms with van der Waals surface area (Å²) in [7, 11) is 4.24. The zero-order valence-electron chi connectivity index (χ0n) is 38.5. The summed E-state index contributed by atoms with van der Waals surface area (Å²) in [5, 5.41) is 7.44. The van der Waals surface area contributed by atoms with Gasteiger partial charge in [-0.15, -0.1) is 0 Å². The van der Waals surface area contributed by atoms with Crippen LogP contribution in [0.3, 0.4) is 0 Å². The Morgan fingerprint density at radius 3 is 2.25 bits per heavy atom. The molecule has 1 fully saturated rings. The van der Waals surface area contributed by atoms with Gasteiger partial charge < -0.3 is 49.3 Å². The monoisotopic (exact) mass is 878 g/mol. The molecular formula is C48H62N8O8. The number of hydrogen-bond donors (Lipinski definition) is 4. The molecule has 2 aliphatic rings. The maximum Gasteiger partial charge on any atom is 0.407 e. The molecule has 16 heteroatoms. The molecule has 64 heavy (non-hydrogen) atoms. The Labute approximate surface area is 374 Å². The van der Waals surface area contributed by atoms with Crippen molar-refractivity contribution in [2.45, 2.75) is 105 Å². The maximum absolute atomic E-state index is 14.2. The Kier molecular flexibility index (Phi) is 13.8. The summed E-state index contributed by atoms with van der Waals surface area (Å²) in [5.74, 6) is 1.47. The van der Waals surface area contributed by atoms with Crippen LogP contribution in [0.25, 0.3) is 44.2 Å². The number of imidazole rings is 2. The molecule has 4 N–H and O–H groups in total. The normalized spacial score (nSPS) is 17.2. The number of carbonyl (C=O) groups excluding carboxylic acids is 4. The van der Waals surface area contributed by atoms with E-state index in [1.165, 1.54) is 14.2 Å². The summed E-state index contributed by atoms with van der Waals surface area (Å²) in [5.41, 5.74) is 6.45. The number of carbonyl (C=O) groups is 4. The molecule has 0 radical (unpaired) electrons. The quantitative estimate of drug-likeness (QED) is 0.0800. The van der Waals surface area contributed by atoms with Gasteiger partial charge in [-0.1, -0.05) is 59.7 Å². The molecule has 7 rings (SSSR count). The second-order valence-corrected chi connectivity index (χ2v) is 17.7. The van der Waals surface area contributed by atoms with E-state index in [0.29, 0.717) is 37.8 Å². The molecule has 0 saturated carbocycles. The van der Waals surface area contributed by atoms with E-state index in [9.17, 15) is 19.2 Å². The Hall–Kier alpha value is -6.16. The maximum atomic E-state index is 14.2. The highest BCUT2D eigenvalue weighted by Gasteiger charge is 2.42. The Bertz CT molecular complexity index is 2510. The molecule has 4 amide bonds. The van der Waals surface area contributed by atoms with E-state index in [2.05, 4.69) is 70.8 Å². The number of hydrogen-bond acceptors (Lipinski definition) is 10. The lowest BCUT2D eigenvalue weighted by atomic mass is 9.92. The number of nitrogens with zero attached hydrogens (tertiary/aromatic N) is 4. The number of benzene rings is 3. The van der Waals surface area contributed by atoms with Crippen molar-refractivity contribution in [3.05, 3.63) is 65.9 Å². The highest BCUT2D eigenvalue weighted by atomic mass is 16.5. The molecule has 3 aromatic carbocycles. The molecule has 0 bridgehead atoms. The lowest BCUT2D eigenvalue weighted by Crippen LogP contribution is -2.54. The summed E-state index contributed by atoms with van der Waals surface area (Å²) in [6.07, 6.45) is 2.64. The average molecular weight is 879 g/mol. The highest BCUT2D eigenvalue weighted by molar-refractivity contribution is 6.07. The van der Waals surface area contributed by atoms with Crippen molar-refractivity contribution in [3.8, 4) is 28.1 Å². The van der Waals surface area contributed by atoms with E-state index in [-0.39, 0.29) is 41.7 Å². The van der Waals surface area contributed by atoms with Crippen LogP contribution < -0.4 is 15.4 Å². The first-order valence-electron chi connectivity index (χ1n) is 22.3. The molecule has 2 aliphatic heterocycles. The fraction of sp³-hybridized carbons (Fsp3) is 0.500. The second kappa shape index (κ2) is 19.3. The van der Waals surface area contributed by atoms with E-state index in [1.807, 2.05) is 50.5 Å². The van der Waals surface area contributed by atoms with Crippen molar-refractivity contribution in [1.29, 1.82) is 0 Å². The van der Waals surface area contributed by atoms with Crippen molar-refractivity contribution in [2.75, 3.05) is 34.5 Å². The van der Waals surface area contributed by atoms with Crippen molar-refractivity contribution in [1.82, 2.24) is 40.4 Å². The van der Waals surface area contributed by atoms with Crippen molar-refractivity contribution in [2.24, 2.45) is 17.8 Å². The first-order valence-corrected chi connectivity index (χ1v) is 22.3. The zero-order chi connectivity index (χ0) is 46.0. The van der Waals surface area contributed by atoms with E-state index in [1.54, 1.807) is 13.3 Å². The largest absolute Gasteiger partial charge is 0.488 e. The summed E-state index contributed by atoms with van der Waals surface area (Å²) in [6, 6.07) is 12.2. The van der Waals surface area contributed by atoms with Crippen LogP contribution in [0.5, 0.6) is 5.75 Å². The SMILES string of the molecule is CCC(CC)N(C(=O)[C@@H](NC(=O)OC)C(C)C)[C@@H](C)c1ncc(-c2ccc3c(c2)COc2cc4c(ccc5nc([C@@H]6C[C@H](COC)CN6C(=O)[C@@H](NC(=O)OC)C(C)C)[nH]c54)cc2-3)[nH]1. The molecule has 16 nitrogen and oxygen atoms in total. The minimum atomic E-state index is -0.765. The predicted molar refractivity (Wildman–Crippen MR) is 243 cm³/mol. The Morgan fingerprint density at radius 1 is 0.891 bits per heavy atom. The van der Waals surface area contributed by atoms with Crippen LogP contribution in [0.1, 0.15) is 97.0 Å². The number of rotatable bonds is 15. The number of alkyl carbamates (subject to hydrolysis) is 2. The molecule has 0 unspecified atom stereocenters. The minimum absolute atomic E-state index is 0.0665.